The third-order valence-corrected chi connectivity index (χ3v) is 3.49. The maximum atomic E-state index is 13.2. The quantitative estimate of drug-likeness (QED) is 0.613. The molecule has 0 unspecified atom stereocenters. The number of carbonyl (C=O) groups is 1. The summed E-state index contributed by atoms with van der Waals surface area (Å²) in [6.45, 7) is 1.98. The van der Waals surface area contributed by atoms with Crippen LogP contribution < -0.4 is 14.8 Å². The molecule has 0 saturated carbocycles. The van der Waals surface area contributed by atoms with Crippen LogP contribution in [0.25, 0.3) is 0 Å². The highest BCUT2D eigenvalue weighted by Crippen LogP contribution is 2.35. The van der Waals surface area contributed by atoms with Crippen molar-refractivity contribution in [1.29, 1.82) is 0 Å². The molecule has 25 heavy (non-hydrogen) atoms. The molecule has 0 heterocycles. The summed E-state index contributed by atoms with van der Waals surface area (Å²) < 4.78 is 23.6. The number of hydrogen-bond donors (Lipinski definition) is 1. The number of carbonyl (C=O) groups excluding carboxylic acids is 1. The van der Waals surface area contributed by atoms with E-state index in [-0.39, 0.29) is 34.4 Å². The number of halogens is 2. The zero-order chi connectivity index (χ0) is 18.6. The topological polar surface area (TPSA) is 90.7 Å². The first kappa shape index (κ1) is 18.5. The van der Waals surface area contributed by atoms with Crippen LogP contribution in [-0.2, 0) is 0 Å². The Morgan fingerprint density at radius 2 is 2.04 bits per heavy atom. The first-order valence-corrected chi connectivity index (χ1v) is 7.50. The SMILES string of the molecule is CCOc1cc([N+](=O)[O-])c(C(=O)Nc2ccc(F)c(Cl)c2)cc1OC. The van der Waals surface area contributed by atoms with E-state index in [1.807, 2.05) is 0 Å². The van der Waals surface area contributed by atoms with E-state index in [0.717, 1.165) is 12.1 Å². The van der Waals surface area contributed by atoms with Crippen molar-refractivity contribution >= 4 is 28.9 Å². The number of methoxy groups -OCH3 is 1. The van der Waals surface area contributed by atoms with E-state index in [0.29, 0.717) is 0 Å². The second kappa shape index (κ2) is 7.80. The number of hydrogen-bond acceptors (Lipinski definition) is 5. The lowest BCUT2D eigenvalue weighted by molar-refractivity contribution is -0.385. The monoisotopic (exact) mass is 368 g/mol. The first-order chi connectivity index (χ1) is 11.9. The van der Waals surface area contributed by atoms with Gasteiger partial charge < -0.3 is 14.8 Å². The minimum Gasteiger partial charge on any atom is -0.493 e. The molecule has 0 aliphatic carbocycles. The minimum absolute atomic E-state index is 0.151. The van der Waals surface area contributed by atoms with Gasteiger partial charge in [-0.25, -0.2) is 4.39 Å². The highest BCUT2D eigenvalue weighted by molar-refractivity contribution is 6.31. The molecule has 0 aromatic heterocycles. The van der Waals surface area contributed by atoms with Crippen molar-refractivity contribution in [2.24, 2.45) is 0 Å². The Labute approximate surface area is 147 Å². The van der Waals surface area contributed by atoms with Gasteiger partial charge in [-0.1, -0.05) is 11.6 Å². The van der Waals surface area contributed by atoms with Crippen LogP contribution in [0, 0.1) is 15.9 Å². The molecule has 0 atom stereocenters. The number of amides is 1. The van der Waals surface area contributed by atoms with Crippen molar-refractivity contribution in [3.63, 3.8) is 0 Å². The summed E-state index contributed by atoms with van der Waals surface area (Å²) in [6.07, 6.45) is 0. The smallest absolute Gasteiger partial charge is 0.286 e. The van der Waals surface area contributed by atoms with Crippen LogP contribution in [0.3, 0.4) is 0 Å². The average Bonchev–Trinajstić information content (AvgIpc) is 2.57. The van der Waals surface area contributed by atoms with Crippen LogP contribution in [0.2, 0.25) is 5.02 Å². The van der Waals surface area contributed by atoms with Gasteiger partial charge in [-0.3, -0.25) is 14.9 Å². The fourth-order valence-electron chi connectivity index (χ4n) is 2.08. The van der Waals surface area contributed by atoms with E-state index in [4.69, 9.17) is 21.1 Å². The molecule has 132 valence electrons. The lowest BCUT2D eigenvalue weighted by Gasteiger charge is -2.12. The molecule has 0 fully saturated rings. The van der Waals surface area contributed by atoms with E-state index < -0.39 is 22.3 Å². The molecule has 2 aromatic carbocycles. The van der Waals surface area contributed by atoms with Crippen molar-refractivity contribution in [3.05, 3.63) is 56.8 Å². The predicted octanol–water partition coefficient (Wildman–Crippen LogP) is 4.05. The second-order valence-corrected chi connectivity index (χ2v) is 5.20. The van der Waals surface area contributed by atoms with Gasteiger partial charge in [0.2, 0.25) is 0 Å². The van der Waals surface area contributed by atoms with Gasteiger partial charge >= 0.3 is 0 Å². The number of nitro benzene ring substituents is 1. The Bertz CT molecular complexity index is 828. The second-order valence-electron chi connectivity index (χ2n) is 4.79. The molecule has 1 amide bonds. The first-order valence-electron chi connectivity index (χ1n) is 7.13. The van der Waals surface area contributed by atoms with E-state index in [1.165, 1.54) is 25.3 Å². The number of nitrogens with one attached hydrogen (secondary N) is 1. The van der Waals surface area contributed by atoms with Crippen molar-refractivity contribution in [1.82, 2.24) is 0 Å². The summed E-state index contributed by atoms with van der Waals surface area (Å²) in [7, 11) is 1.35. The maximum absolute atomic E-state index is 13.2. The van der Waals surface area contributed by atoms with Gasteiger partial charge in [0.05, 0.1) is 29.7 Å². The minimum atomic E-state index is -0.768. The van der Waals surface area contributed by atoms with Crippen LogP contribution in [0.4, 0.5) is 15.8 Å². The van der Waals surface area contributed by atoms with Gasteiger partial charge in [0.1, 0.15) is 11.4 Å². The Hall–Kier alpha value is -2.87. The van der Waals surface area contributed by atoms with Crippen molar-refractivity contribution in [3.8, 4) is 11.5 Å². The summed E-state index contributed by atoms with van der Waals surface area (Å²) in [4.78, 5) is 23.0. The molecular weight excluding hydrogens is 355 g/mol. The fourth-order valence-corrected chi connectivity index (χ4v) is 2.26. The summed E-state index contributed by atoms with van der Waals surface area (Å²) in [6, 6.07) is 5.90. The zero-order valence-corrected chi connectivity index (χ0v) is 14.1. The molecule has 2 rings (SSSR count). The van der Waals surface area contributed by atoms with Crippen molar-refractivity contribution < 1.29 is 23.6 Å². The third kappa shape index (κ3) is 4.16. The summed E-state index contributed by atoms with van der Waals surface area (Å²) in [5.41, 5.74) is -0.487. The molecule has 0 bridgehead atoms. The number of anilines is 1. The Morgan fingerprint density at radius 1 is 1.32 bits per heavy atom. The summed E-state index contributed by atoms with van der Waals surface area (Å²) in [5, 5.41) is 13.5. The molecule has 0 saturated heterocycles. The van der Waals surface area contributed by atoms with Gasteiger partial charge in [0, 0.05) is 11.8 Å². The van der Waals surface area contributed by atoms with Crippen molar-refractivity contribution in [2.45, 2.75) is 6.92 Å². The van der Waals surface area contributed by atoms with Gasteiger partial charge in [0.25, 0.3) is 11.6 Å². The summed E-state index contributed by atoms with van der Waals surface area (Å²) in [5.74, 6) is -1.09. The number of nitro groups is 1. The van der Waals surface area contributed by atoms with Crippen LogP contribution in [0.5, 0.6) is 11.5 Å². The van der Waals surface area contributed by atoms with Gasteiger partial charge in [-0.05, 0) is 25.1 Å². The standard InChI is InChI=1S/C16H14ClFN2O5/c1-3-25-15-8-13(20(22)23)10(7-14(15)24-2)16(21)19-9-4-5-12(18)11(17)6-9/h4-8H,3H2,1-2H3,(H,19,21). The average molecular weight is 369 g/mol. The highest BCUT2D eigenvalue weighted by atomic mass is 35.5. The number of rotatable bonds is 6. The largest absolute Gasteiger partial charge is 0.493 e. The molecule has 0 spiro atoms. The molecule has 9 heteroatoms. The lowest BCUT2D eigenvalue weighted by atomic mass is 10.1. The molecule has 0 aliphatic rings. The number of nitrogens with zero attached hydrogens (tertiary/aromatic N) is 1. The van der Waals surface area contributed by atoms with E-state index in [9.17, 15) is 19.3 Å². The van der Waals surface area contributed by atoms with Gasteiger partial charge in [0.15, 0.2) is 11.5 Å². The van der Waals surface area contributed by atoms with Crippen LogP contribution >= 0.6 is 11.6 Å². The zero-order valence-electron chi connectivity index (χ0n) is 13.3. The molecule has 2 aromatic rings. The Balaban J connectivity index is 2.43. The van der Waals surface area contributed by atoms with E-state index in [2.05, 4.69) is 5.32 Å². The molecule has 7 nitrogen and oxygen atoms in total. The third-order valence-electron chi connectivity index (χ3n) is 3.20. The molecular formula is C16H14ClFN2O5. The van der Waals surface area contributed by atoms with Gasteiger partial charge in [-0.2, -0.15) is 0 Å². The normalized spacial score (nSPS) is 10.2. The number of ether oxygens (including phenoxy) is 2. The molecule has 0 aliphatic heterocycles. The van der Waals surface area contributed by atoms with E-state index >= 15 is 0 Å². The Morgan fingerprint density at radius 3 is 2.60 bits per heavy atom. The maximum Gasteiger partial charge on any atom is 0.286 e. The lowest BCUT2D eigenvalue weighted by Crippen LogP contribution is -2.14. The van der Waals surface area contributed by atoms with Crippen molar-refractivity contribution in [2.75, 3.05) is 19.0 Å². The van der Waals surface area contributed by atoms with Crippen LogP contribution in [0.15, 0.2) is 30.3 Å². The molecule has 0 radical (unpaired) electrons. The van der Waals surface area contributed by atoms with Gasteiger partial charge in [-0.15, -0.1) is 0 Å². The van der Waals surface area contributed by atoms with E-state index in [1.54, 1.807) is 6.92 Å². The fraction of sp³-hybridized carbons (Fsp3) is 0.188. The summed E-state index contributed by atoms with van der Waals surface area (Å²) >= 11 is 5.66. The number of benzene rings is 2. The molecule has 1 N–H and O–H groups in total. The Kier molecular flexibility index (Phi) is 5.76. The van der Waals surface area contributed by atoms with Crippen LogP contribution in [0.1, 0.15) is 17.3 Å². The highest BCUT2D eigenvalue weighted by Gasteiger charge is 2.25. The predicted molar refractivity (Wildman–Crippen MR) is 90.2 cm³/mol. The van der Waals surface area contributed by atoms with Crippen LogP contribution in [-0.4, -0.2) is 24.5 Å².